The van der Waals surface area contributed by atoms with Gasteiger partial charge in [-0.05, 0) is 38.6 Å². The molecule has 1 unspecified atom stereocenters. The molecule has 1 fully saturated rings. The van der Waals surface area contributed by atoms with Crippen LogP contribution >= 0.6 is 15.9 Å². The minimum Gasteiger partial charge on any atom is -0.307 e. The van der Waals surface area contributed by atoms with Crippen LogP contribution in [0.3, 0.4) is 0 Å². The van der Waals surface area contributed by atoms with Crippen LogP contribution in [0.4, 0.5) is 0 Å². The normalized spacial score (nSPS) is 22.0. The summed E-state index contributed by atoms with van der Waals surface area (Å²) < 4.78 is 3.17. The molecule has 0 aromatic carbocycles. The highest BCUT2D eigenvalue weighted by Crippen LogP contribution is 2.29. The second kappa shape index (κ2) is 3.86. The van der Waals surface area contributed by atoms with Crippen LogP contribution in [0.1, 0.15) is 24.6 Å². The van der Waals surface area contributed by atoms with Gasteiger partial charge in [0, 0.05) is 16.9 Å². The summed E-state index contributed by atoms with van der Waals surface area (Å²) in [6.07, 6.45) is 6.69. The smallest absolute Gasteiger partial charge is 0.138 e. The Bertz CT molecular complexity index is 520. The molecule has 0 amide bonds. The molecule has 0 saturated carbocycles. The van der Waals surface area contributed by atoms with E-state index in [1.165, 1.54) is 25.1 Å². The molecule has 1 aliphatic heterocycles. The molecular formula is C12H14BrN3. The van der Waals surface area contributed by atoms with E-state index in [1.54, 1.807) is 0 Å². The van der Waals surface area contributed by atoms with Gasteiger partial charge < -0.3 is 4.40 Å². The number of halogens is 1. The van der Waals surface area contributed by atoms with Gasteiger partial charge in [0.25, 0.3) is 0 Å². The van der Waals surface area contributed by atoms with Crippen LogP contribution in [-0.4, -0.2) is 27.9 Å². The number of imidazole rings is 1. The van der Waals surface area contributed by atoms with Crippen LogP contribution in [-0.2, 0) is 0 Å². The lowest BCUT2D eigenvalue weighted by Gasteiger charge is -2.16. The van der Waals surface area contributed by atoms with Crippen LogP contribution in [0, 0.1) is 0 Å². The van der Waals surface area contributed by atoms with Crippen molar-refractivity contribution in [2.75, 3.05) is 13.6 Å². The highest BCUT2D eigenvalue weighted by Gasteiger charge is 2.24. The lowest BCUT2D eigenvalue weighted by atomic mass is 10.2. The molecule has 1 atom stereocenters. The van der Waals surface area contributed by atoms with Crippen molar-refractivity contribution in [3.8, 4) is 0 Å². The SMILES string of the molecule is CN1CCCC1c1cn2ccc(Br)cc2n1. The van der Waals surface area contributed by atoms with Crippen molar-refractivity contribution in [1.82, 2.24) is 14.3 Å². The fourth-order valence-electron chi connectivity index (χ4n) is 2.42. The van der Waals surface area contributed by atoms with Crippen LogP contribution in [0.25, 0.3) is 5.65 Å². The molecule has 1 aliphatic rings. The molecule has 0 bridgehead atoms. The molecule has 4 heteroatoms. The van der Waals surface area contributed by atoms with Gasteiger partial charge in [0.05, 0.1) is 11.7 Å². The standard InChI is InChI=1S/C12H14BrN3/c1-15-5-2-3-11(15)10-8-16-6-4-9(13)7-12(16)14-10/h4,6-8,11H,2-3,5H2,1H3. The second-order valence-corrected chi connectivity index (χ2v) is 5.33. The maximum Gasteiger partial charge on any atom is 0.138 e. The first-order valence-electron chi connectivity index (χ1n) is 5.58. The van der Waals surface area contributed by atoms with Crippen LogP contribution in [0.5, 0.6) is 0 Å². The number of likely N-dealkylation sites (tertiary alicyclic amines) is 1. The van der Waals surface area contributed by atoms with Gasteiger partial charge in [-0.1, -0.05) is 15.9 Å². The Morgan fingerprint density at radius 3 is 3.12 bits per heavy atom. The number of fused-ring (bicyclic) bond motifs is 1. The summed E-state index contributed by atoms with van der Waals surface area (Å²) in [4.78, 5) is 7.08. The van der Waals surface area contributed by atoms with E-state index in [4.69, 9.17) is 4.98 Å². The third-order valence-corrected chi connectivity index (χ3v) is 3.80. The Balaban J connectivity index is 2.04. The number of aromatic nitrogens is 2. The van der Waals surface area contributed by atoms with E-state index in [0.717, 1.165) is 10.1 Å². The Kier molecular flexibility index (Phi) is 2.48. The van der Waals surface area contributed by atoms with Gasteiger partial charge in [0.1, 0.15) is 5.65 Å². The van der Waals surface area contributed by atoms with E-state index in [0.29, 0.717) is 6.04 Å². The van der Waals surface area contributed by atoms with E-state index < -0.39 is 0 Å². The van der Waals surface area contributed by atoms with Crippen LogP contribution < -0.4 is 0 Å². The van der Waals surface area contributed by atoms with Crippen molar-refractivity contribution < 1.29 is 0 Å². The number of hydrogen-bond donors (Lipinski definition) is 0. The van der Waals surface area contributed by atoms with E-state index in [2.05, 4.69) is 44.5 Å². The van der Waals surface area contributed by atoms with Crippen molar-refractivity contribution >= 4 is 21.6 Å². The first-order chi connectivity index (χ1) is 7.74. The Morgan fingerprint density at radius 2 is 2.38 bits per heavy atom. The topological polar surface area (TPSA) is 20.5 Å². The molecule has 84 valence electrons. The van der Waals surface area contributed by atoms with Gasteiger partial charge >= 0.3 is 0 Å². The fourth-order valence-corrected chi connectivity index (χ4v) is 2.74. The average Bonchev–Trinajstić information content (AvgIpc) is 2.82. The van der Waals surface area contributed by atoms with Crippen molar-refractivity contribution in [3.05, 3.63) is 34.7 Å². The van der Waals surface area contributed by atoms with Crippen LogP contribution in [0.2, 0.25) is 0 Å². The van der Waals surface area contributed by atoms with Gasteiger partial charge in [-0.25, -0.2) is 4.98 Å². The summed E-state index contributed by atoms with van der Waals surface area (Å²) >= 11 is 3.47. The minimum absolute atomic E-state index is 0.499. The molecule has 0 spiro atoms. The molecule has 3 nitrogen and oxygen atoms in total. The molecule has 3 heterocycles. The van der Waals surface area contributed by atoms with Crippen molar-refractivity contribution in [3.63, 3.8) is 0 Å². The summed E-state index contributed by atoms with van der Waals surface area (Å²) in [6, 6.07) is 4.59. The van der Waals surface area contributed by atoms with E-state index >= 15 is 0 Å². The fraction of sp³-hybridized carbons (Fsp3) is 0.417. The minimum atomic E-state index is 0.499. The summed E-state index contributed by atoms with van der Waals surface area (Å²) in [5, 5.41) is 0. The largest absolute Gasteiger partial charge is 0.307 e. The third-order valence-electron chi connectivity index (χ3n) is 3.30. The van der Waals surface area contributed by atoms with Gasteiger partial charge in [-0.15, -0.1) is 0 Å². The van der Waals surface area contributed by atoms with Crippen molar-refractivity contribution in [2.24, 2.45) is 0 Å². The lowest BCUT2D eigenvalue weighted by molar-refractivity contribution is 0.313. The molecule has 0 N–H and O–H groups in total. The number of pyridine rings is 1. The van der Waals surface area contributed by atoms with Gasteiger partial charge in [0.15, 0.2) is 0 Å². The molecule has 1 saturated heterocycles. The summed E-state index contributed by atoms with van der Waals surface area (Å²) in [5.74, 6) is 0. The third kappa shape index (κ3) is 1.66. The molecule has 3 rings (SSSR count). The average molecular weight is 280 g/mol. The first kappa shape index (κ1) is 10.3. The maximum atomic E-state index is 4.70. The molecule has 2 aromatic heterocycles. The predicted octanol–water partition coefficient (Wildman–Crippen LogP) is 2.86. The number of nitrogens with zero attached hydrogens (tertiary/aromatic N) is 3. The van der Waals surface area contributed by atoms with Gasteiger partial charge in [-0.2, -0.15) is 0 Å². The molecule has 0 aliphatic carbocycles. The highest BCUT2D eigenvalue weighted by molar-refractivity contribution is 9.10. The van der Waals surface area contributed by atoms with Gasteiger partial charge in [-0.3, -0.25) is 4.90 Å². The van der Waals surface area contributed by atoms with E-state index in [1.807, 2.05) is 12.3 Å². The zero-order chi connectivity index (χ0) is 11.1. The molecule has 0 radical (unpaired) electrons. The predicted molar refractivity (Wildman–Crippen MR) is 67.5 cm³/mol. The number of rotatable bonds is 1. The monoisotopic (exact) mass is 279 g/mol. The summed E-state index contributed by atoms with van der Waals surface area (Å²) in [5.41, 5.74) is 2.21. The molecule has 2 aromatic rings. The lowest BCUT2D eigenvalue weighted by Crippen LogP contribution is -2.17. The summed E-state index contributed by atoms with van der Waals surface area (Å²) in [6.45, 7) is 1.18. The van der Waals surface area contributed by atoms with Gasteiger partial charge in [0.2, 0.25) is 0 Å². The zero-order valence-corrected chi connectivity index (χ0v) is 10.8. The highest BCUT2D eigenvalue weighted by atomic mass is 79.9. The van der Waals surface area contributed by atoms with Crippen molar-refractivity contribution in [2.45, 2.75) is 18.9 Å². The Hall–Kier alpha value is -0.870. The second-order valence-electron chi connectivity index (χ2n) is 4.41. The molecular weight excluding hydrogens is 266 g/mol. The zero-order valence-electron chi connectivity index (χ0n) is 9.23. The Labute approximate surface area is 103 Å². The summed E-state index contributed by atoms with van der Waals surface area (Å²) in [7, 11) is 2.18. The Morgan fingerprint density at radius 1 is 1.50 bits per heavy atom. The van der Waals surface area contributed by atoms with E-state index in [9.17, 15) is 0 Å². The van der Waals surface area contributed by atoms with Crippen molar-refractivity contribution in [1.29, 1.82) is 0 Å². The molecule has 16 heavy (non-hydrogen) atoms. The van der Waals surface area contributed by atoms with Crippen LogP contribution in [0.15, 0.2) is 29.0 Å². The quantitative estimate of drug-likeness (QED) is 0.800. The maximum absolute atomic E-state index is 4.70. The van der Waals surface area contributed by atoms with E-state index in [-0.39, 0.29) is 0 Å². The first-order valence-corrected chi connectivity index (χ1v) is 6.38. The number of hydrogen-bond acceptors (Lipinski definition) is 2.